The Morgan fingerprint density at radius 1 is 1.09 bits per heavy atom. The van der Waals surface area contributed by atoms with Gasteiger partial charge in [0.1, 0.15) is 5.82 Å². The van der Waals surface area contributed by atoms with Crippen molar-refractivity contribution in [2.45, 2.75) is 12.3 Å². The molecule has 2 aliphatic heterocycles. The Morgan fingerprint density at radius 2 is 1.83 bits per heavy atom. The Bertz CT molecular complexity index is 1160. The van der Waals surface area contributed by atoms with Crippen LogP contribution in [0, 0.1) is 11.7 Å². The molecule has 0 saturated carbocycles. The number of rotatable bonds is 6. The molecule has 35 heavy (non-hydrogen) atoms. The van der Waals surface area contributed by atoms with E-state index < -0.39 is 15.8 Å². The lowest BCUT2D eigenvalue weighted by Gasteiger charge is -2.35. The van der Waals surface area contributed by atoms with Crippen molar-refractivity contribution >= 4 is 39.3 Å². The van der Waals surface area contributed by atoms with Gasteiger partial charge in [0.2, 0.25) is 15.9 Å². The first-order valence-electron chi connectivity index (χ1n) is 11.3. The molecule has 3 heterocycles. The first kappa shape index (κ1) is 25.9. The Balaban J connectivity index is 1.44. The summed E-state index contributed by atoms with van der Waals surface area (Å²) >= 11 is 12.4. The van der Waals surface area contributed by atoms with Gasteiger partial charge in [0.05, 0.1) is 29.1 Å². The number of ether oxygens (including phenoxy) is 1. The van der Waals surface area contributed by atoms with E-state index in [1.54, 1.807) is 11.0 Å². The fourth-order valence-electron chi connectivity index (χ4n) is 4.61. The lowest BCUT2D eigenvalue weighted by molar-refractivity contribution is 0.140. The number of halogens is 3. The van der Waals surface area contributed by atoms with Gasteiger partial charge in [-0.1, -0.05) is 29.3 Å². The van der Waals surface area contributed by atoms with E-state index in [4.69, 9.17) is 27.9 Å². The highest BCUT2D eigenvalue weighted by Gasteiger charge is 2.38. The Labute approximate surface area is 214 Å². The molecule has 12 heteroatoms. The summed E-state index contributed by atoms with van der Waals surface area (Å²) in [6.07, 6.45) is 2.93. The molecule has 1 aromatic carbocycles. The second-order valence-corrected chi connectivity index (χ2v) is 11.6. The Morgan fingerprint density at radius 3 is 2.46 bits per heavy atom. The van der Waals surface area contributed by atoms with Crippen LogP contribution < -0.4 is 4.74 Å². The monoisotopic (exact) mass is 544 g/mol. The van der Waals surface area contributed by atoms with Crippen LogP contribution in [0.1, 0.15) is 17.9 Å². The van der Waals surface area contributed by atoms with E-state index in [-0.39, 0.29) is 31.0 Å². The fraction of sp³-hybridized carbons (Fsp3) is 0.478. The molecule has 0 bridgehead atoms. The Hall–Kier alpha value is -2.14. The summed E-state index contributed by atoms with van der Waals surface area (Å²) in [7, 11) is -3.27. The van der Waals surface area contributed by atoms with Crippen molar-refractivity contribution < 1.29 is 22.3 Å². The number of piperazine rings is 1. The molecule has 2 saturated heterocycles. The van der Waals surface area contributed by atoms with Crippen molar-refractivity contribution in [3.05, 3.63) is 58.0 Å². The van der Waals surface area contributed by atoms with E-state index in [0.29, 0.717) is 55.1 Å². The van der Waals surface area contributed by atoms with Crippen LogP contribution in [0.15, 0.2) is 36.5 Å². The zero-order valence-electron chi connectivity index (χ0n) is 19.2. The van der Waals surface area contributed by atoms with E-state index >= 15 is 0 Å². The number of pyridine rings is 1. The molecule has 2 amide bonds. The van der Waals surface area contributed by atoms with Gasteiger partial charge in [0.25, 0.3) is 0 Å². The third-order valence-corrected chi connectivity index (χ3v) is 8.54. The average Bonchev–Trinajstić information content (AvgIpc) is 3.25. The molecule has 1 aromatic heterocycles. The summed E-state index contributed by atoms with van der Waals surface area (Å²) in [4.78, 5) is 20.7. The van der Waals surface area contributed by atoms with E-state index in [2.05, 4.69) is 4.98 Å². The number of likely N-dealkylation sites (tertiary alicyclic amines) is 1. The van der Waals surface area contributed by atoms with Gasteiger partial charge >= 0.3 is 6.03 Å². The number of benzene rings is 1. The van der Waals surface area contributed by atoms with E-state index in [9.17, 15) is 17.6 Å². The van der Waals surface area contributed by atoms with E-state index in [0.717, 1.165) is 11.8 Å². The summed E-state index contributed by atoms with van der Waals surface area (Å²) in [5.74, 6) is 0.0243. The summed E-state index contributed by atoms with van der Waals surface area (Å²) < 4.78 is 43.8. The molecule has 4 rings (SSSR count). The van der Waals surface area contributed by atoms with Crippen molar-refractivity contribution in [1.82, 2.24) is 19.1 Å². The number of carbonyl (C=O) groups is 1. The van der Waals surface area contributed by atoms with E-state index in [1.165, 1.54) is 22.7 Å². The number of nitrogens with zero attached hydrogens (tertiary/aromatic N) is 4. The standard InChI is InChI=1S/C23H27Cl2FN4O4S/c1-35(32,33)30-9-7-28(8-10-30)23(31)29-14-17(6-11-34-22-5-3-18(26)13-27-22)19(15-29)16-2-4-20(24)21(25)12-16/h2-5,12-13,17,19H,6-11,14-15H2,1H3. The second-order valence-electron chi connectivity index (χ2n) is 8.83. The second kappa shape index (κ2) is 10.9. The molecule has 0 N–H and O–H groups in total. The fourth-order valence-corrected chi connectivity index (χ4v) is 5.75. The maximum Gasteiger partial charge on any atom is 0.320 e. The van der Waals surface area contributed by atoms with Crippen molar-refractivity contribution in [3.63, 3.8) is 0 Å². The molecule has 190 valence electrons. The minimum atomic E-state index is -3.27. The zero-order valence-corrected chi connectivity index (χ0v) is 21.6. The third kappa shape index (κ3) is 6.35. The number of sulfonamides is 1. The van der Waals surface area contributed by atoms with Crippen LogP contribution in [0.2, 0.25) is 10.0 Å². The maximum atomic E-state index is 13.3. The smallest absolute Gasteiger partial charge is 0.320 e. The SMILES string of the molecule is CS(=O)(=O)N1CCN(C(=O)N2CC(CCOc3ccc(F)cn3)C(c3ccc(Cl)c(Cl)c3)C2)CC1. The number of urea groups is 1. The normalized spacial score (nSPS) is 21.4. The van der Waals surface area contributed by atoms with Crippen molar-refractivity contribution in [2.24, 2.45) is 5.92 Å². The van der Waals surface area contributed by atoms with Gasteiger partial charge < -0.3 is 14.5 Å². The topological polar surface area (TPSA) is 83.1 Å². The summed E-state index contributed by atoms with van der Waals surface area (Å²) in [6.45, 7) is 2.66. The van der Waals surface area contributed by atoms with Gasteiger partial charge in [-0.05, 0) is 36.1 Å². The van der Waals surface area contributed by atoms with Gasteiger partial charge in [-0.15, -0.1) is 0 Å². The minimum absolute atomic E-state index is 0.0239. The summed E-state index contributed by atoms with van der Waals surface area (Å²) in [6, 6.07) is 8.18. The minimum Gasteiger partial charge on any atom is -0.478 e. The largest absolute Gasteiger partial charge is 0.478 e. The molecule has 0 spiro atoms. The quantitative estimate of drug-likeness (QED) is 0.553. The molecule has 8 nitrogen and oxygen atoms in total. The molecule has 2 atom stereocenters. The molecule has 2 unspecified atom stereocenters. The number of carbonyl (C=O) groups excluding carboxylic acids is 1. The van der Waals surface area contributed by atoms with Crippen molar-refractivity contribution in [1.29, 1.82) is 0 Å². The maximum absolute atomic E-state index is 13.3. The van der Waals surface area contributed by atoms with Crippen LogP contribution in [-0.2, 0) is 10.0 Å². The molecule has 2 aromatic rings. The Kier molecular flexibility index (Phi) is 8.05. The number of hydrogen-bond acceptors (Lipinski definition) is 5. The predicted octanol–water partition coefficient (Wildman–Crippen LogP) is 3.71. The van der Waals surface area contributed by atoms with Crippen molar-refractivity contribution in [3.8, 4) is 5.88 Å². The third-order valence-electron chi connectivity index (χ3n) is 6.50. The van der Waals surface area contributed by atoms with Gasteiger partial charge in [-0.3, -0.25) is 0 Å². The number of aromatic nitrogens is 1. The first-order valence-corrected chi connectivity index (χ1v) is 13.9. The van der Waals surface area contributed by atoms with Crippen LogP contribution in [0.3, 0.4) is 0 Å². The van der Waals surface area contributed by atoms with Crippen LogP contribution in [0.25, 0.3) is 0 Å². The summed E-state index contributed by atoms with van der Waals surface area (Å²) in [5, 5.41) is 0.920. The average molecular weight is 545 g/mol. The highest BCUT2D eigenvalue weighted by Crippen LogP contribution is 2.37. The highest BCUT2D eigenvalue weighted by molar-refractivity contribution is 7.88. The highest BCUT2D eigenvalue weighted by atomic mass is 35.5. The van der Waals surface area contributed by atoms with Crippen LogP contribution >= 0.6 is 23.2 Å². The molecular weight excluding hydrogens is 518 g/mol. The van der Waals surface area contributed by atoms with Crippen LogP contribution in [0.4, 0.5) is 9.18 Å². The van der Waals surface area contributed by atoms with Gasteiger partial charge in [0.15, 0.2) is 0 Å². The van der Waals surface area contributed by atoms with Gasteiger partial charge in [-0.25, -0.2) is 22.6 Å². The van der Waals surface area contributed by atoms with E-state index in [1.807, 2.05) is 17.0 Å². The lowest BCUT2D eigenvalue weighted by atomic mass is 9.87. The van der Waals surface area contributed by atoms with Gasteiger partial charge in [0, 0.05) is 51.3 Å². The molecule has 0 radical (unpaired) electrons. The summed E-state index contributed by atoms with van der Waals surface area (Å²) in [5.41, 5.74) is 0.988. The first-order chi connectivity index (χ1) is 16.6. The molecule has 2 fully saturated rings. The van der Waals surface area contributed by atoms with Gasteiger partial charge in [-0.2, -0.15) is 4.31 Å². The zero-order chi connectivity index (χ0) is 25.2. The molecule has 2 aliphatic rings. The van der Waals surface area contributed by atoms with Crippen molar-refractivity contribution in [2.75, 3.05) is 52.1 Å². The lowest BCUT2D eigenvalue weighted by Crippen LogP contribution is -2.53. The predicted molar refractivity (Wildman–Crippen MR) is 132 cm³/mol. The number of hydrogen-bond donors (Lipinski definition) is 0. The molecular formula is C23H27Cl2FN4O4S. The number of amides is 2. The van der Waals surface area contributed by atoms with Crippen LogP contribution in [-0.4, -0.2) is 85.7 Å². The molecule has 0 aliphatic carbocycles. The van der Waals surface area contributed by atoms with Crippen LogP contribution in [0.5, 0.6) is 5.88 Å².